The van der Waals surface area contributed by atoms with Gasteiger partial charge in [-0.05, 0) is 26.3 Å². The smallest absolute Gasteiger partial charge is 0.333 e. The summed E-state index contributed by atoms with van der Waals surface area (Å²) in [5.41, 5.74) is 7.16. The molecule has 0 aromatic heterocycles. The first-order valence-corrected chi connectivity index (χ1v) is 4.14. The fraction of sp³-hybridized carbons (Fsp3) is 0.667. The van der Waals surface area contributed by atoms with E-state index in [9.17, 15) is 4.79 Å². The molecule has 0 aliphatic heterocycles. The van der Waals surface area contributed by atoms with E-state index in [1.165, 1.54) is 7.11 Å². The van der Waals surface area contributed by atoms with Crippen LogP contribution >= 0.6 is 0 Å². The molecule has 0 unspecified atom stereocenters. The van der Waals surface area contributed by atoms with E-state index in [1.807, 2.05) is 13.8 Å². The molecule has 0 saturated heterocycles. The molecule has 0 atom stereocenters. The maximum Gasteiger partial charge on any atom is 0.333 e. The Bertz CT molecular complexity index is 185. The minimum absolute atomic E-state index is 0.233. The molecule has 2 N–H and O–H groups in total. The fourth-order valence-electron chi connectivity index (χ4n) is 1.11. The van der Waals surface area contributed by atoms with E-state index in [-0.39, 0.29) is 5.97 Å². The van der Waals surface area contributed by atoms with Crippen molar-refractivity contribution in [2.75, 3.05) is 13.7 Å². The molecule has 0 fully saturated rings. The molecule has 0 aliphatic carbocycles. The number of hydrogen-bond acceptors (Lipinski definition) is 3. The van der Waals surface area contributed by atoms with Gasteiger partial charge in [0.1, 0.15) is 0 Å². The van der Waals surface area contributed by atoms with Crippen molar-refractivity contribution < 1.29 is 9.53 Å². The van der Waals surface area contributed by atoms with Crippen LogP contribution in [0.4, 0.5) is 0 Å². The summed E-state index contributed by atoms with van der Waals surface area (Å²) in [4.78, 5) is 11.1. The number of ether oxygens (including phenoxy) is 1. The predicted molar refractivity (Wildman–Crippen MR) is 48.7 cm³/mol. The molecule has 0 radical (unpaired) electrons. The second-order valence-corrected chi connectivity index (χ2v) is 2.64. The molecule has 0 aliphatic rings. The maximum atomic E-state index is 11.1. The van der Waals surface area contributed by atoms with Crippen molar-refractivity contribution >= 4 is 5.97 Å². The topological polar surface area (TPSA) is 52.3 Å². The number of rotatable bonds is 4. The van der Waals surface area contributed by atoms with E-state index in [0.29, 0.717) is 13.0 Å². The van der Waals surface area contributed by atoms with Crippen LogP contribution in [0.1, 0.15) is 26.7 Å². The van der Waals surface area contributed by atoms with Gasteiger partial charge in [-0.25, -0.2) is 4.79 Å². The lowest BCUT2D eigenvalue weighted by Gasteiger charge is -2.06. The third kappa shape index (κ3) is 3.05. The lowest BCUT2D eigenvalue weighted by molar-refractivity contribution is -0.136. The zero-order valence-corrected chi connectivity index (χ0v) is 8.02. The molecule has 0 bridgehead atoms. The van der Waals surface area contributed by atoms with Crippen molar-refractivity contribution in [1.29, 1.82) is 0 Å². The Kier molecular flexibility index (Phi) is 5.37. The van der Waals surface area contributed by atoms with Gasteiger partial charge < -0.3 is 10.5 Å². The average Bonchev–Trinajstić information content (AvgIpc) is 2.06. The Morgan fingerprint density at radius 1 is 1.50 bits per heavy atom. The Morgan fingerprint density at radius 3 is 2.42 bits per heavy atom. The first-order chi connectivity index (χ1) is 5.67. The largest absolute Gasteiger partial charge is 0.466 e. The van der Waals surface area contributed by atoms with Gasteiger partial charge in [0.2, 0.25) is 0 Å². The third-order valence-corrected chi connectivity index (χ3v) is 1.82. The van der Waals surface area contributed by atoms with Crippen LogP contribution in [-0.4, -0.2) is 19.6 Å². The molecule has 0 aromatic rings. The summed E-state index contributed by atoms with van der Waals surface area (Å²) in [6, 6.07) is 0. The minimum atomic E-state index is -0.233. The molecular formula is C9H17NO2. The third-order valence-electron chi connectivity index (χ3n) is 1.82. The monoisotopic (exact) mass is 171 g/mol. The molecule has 0 heterocycles. The van der Waals surface area contributed by atoms with Crippen molar-refractivity contribution in [2.24, 2.45) is 5.73 Å². The van der Waals surface area contributed by atoms with Crippen molar-refractivity contribution in [1.82, 2.24) is 0 Å². The molecule has 70 valence electrons. The molecule has 0 saturated carbocycles. The van der Waals surface area contributed by atoms with Crippen LogP contribution < -0.4 is 5.73 Å². The van der Waals surface area contributed by atoms with Gasteiger partial charge in [-0.15, -0.1) is 0 Å². The highest BCUT2D eigenvalue weighted by Gasteiger charge is 2.09. The summed E-state index contributed by atoms with van der Waals surface area (Å²) in [6.07, 6.45) is 1.47. The quantitative estimate of drug-likeness (QED) is 0.511. The van der Waals surface area contributed by atoms with Crippen LogP contribution in [0, 0.1) is 0 Å². The number of esters is 1. The van der Waals surface area contributed by atoms with Crippen LogP contribution in [-0.2, 0) is 9.53 Å². The summed E-state index contributed by atoms with van der Waals surface area (Å²) in [7, 11) is 1.40. The average molecular weight is 171 g/mol. The van der Waals surface area contributed by atoms with E-state index < -0.39 is 0 Å². The molecular weight excluding hydrogens is 154 g/mol. The van der Waals surface area contributed by atoms with Crippen LogP contribution in [0.3, 0.4) is 0 Å². The van der Waals surface area contributed by atoms with Gasteiger partial charge in [-0.2, -0.15) is 0 Å². The summed E-state index contributed by atoms with van der Waals surface area (Å²) >= 11 is 0. The Labute approximate surface area is 73.6 Å². The van der Waals surface area contributed by atoms with E-state index in [0.717, 1.165) is 17.6 Å². The van der Waals surface area contributed by atoms with Crippen LogP contribution in [0.2, 0.25) is 0 Å². The van der Waals surface area contributed by atoms with Crippen molar-refractivity contribution in [3.8, 4) is 0 Å². The number of methoxy groups -OCH3 is 1. The molecule has 3 nitrogen and oxygen atoms in total. The van der Waals surface area contributed by atoms with Crippen LogP contribution in [0.25, 0.3) is 0 Å². The molecule has 0 spiro atoms. The lowest BCUT2D eigenvalue weighted by atomic mass is 10.0. The van der Waals surface area contributed by atoms with E-state index in [4.69, 9.17) is 5.73 Å². The van der Waals surface area contributed by atoms with E-state index in [1.54, 1.807) is 0 Å². The second kappa shape index (κ2) is 5.77. The van der Waals surface area contributed by atoms with Gasteiger partial charge in [0.25, 0.3) is 0 Å². The van der Waals surface area contributed by atoms with Crippen molar-refractivity contribution in [3.05, 3.63) is 11.1 Å². The Morgan fingerprint density at radius 2 is 2.08 bits per heavy atom. The van der Waals surface area contributed by atoms with Crippen molar-refractivity contribution in [3.63, 3.8) is 0 Å². The summed E-state index contributed by atoms with van der Waals surface area (Å²) in [5.74, 6) is -0.233. The molecule has 12 heavy (non-hydrogen) atoms. The van der Waals surface area contributed by atoms with Gasteiger partial charge >= 0.3 is 5.97 Å². The summed E-state index contributed by atoms with van der Waals surface area (Å²) in [6.45, 7) is 4.43. The molecule has 0 amide bonds. The number of nitrogens with two attached hydrogens (primary N) is 1. The zero-order valence-electron chi connectivity index (χ0n) is 8.02. The molecule has 0 rings (SSSR count). The summed E-state index contributed by atoms with van der Waals surface area (Å²) in [5, 5.41) is 0. The molecule has 3 heteroatoms. The Balaban J connectivity index is 4.48. The van der Waals surface area contributed by atoms with Gasteiger partial charge in [-0.3, -0.25) is 0 Å². The number of carbonyl (C=O) groups is 1. The zero-order chi connectivity index (χ0) is 9.56. The molecule has 0 aromatic carbocycles. The number of carbonyl (C=O) groups excluding carboxylic acids is 1. The normalized spacial score (nSPS) is 12.3. The highest BCUT2D eigenvalue weighted by molar-refractivity contribution is 5.89. The highest BCUT2D eigenvalue weighted by atomic mass is 16.5. The van der Waals surface area contributed by atoms with Crippen LogP contribution in [0.15, 0.2) is 11.1 Å². The highest BCUT2D eigenvalue weighted by Crippen LogP contribution is 2.12. The standard InChI is InChI=1S/C9H17NO2/c1-4-8(9(11)12-3)7(2)5-6-10/h4-6,10H2,1-3H3. The second-order valence-electron chi connectivity index (χ2n) is 2.64. The van der Waals surface area contributed by atoms with E-state index >= 15 is 0 Å². The van der Waals surface area contributed by atoms with Crippen molar-refractivity contribution in [2.45, 2.75) is 26.7 Å². The van der Waals surface area contributed by atoms with Crippen LogP contribution in [0.5, 0.6) is 0 Å². The lowest BCUT2D eigenvalue weighted by Crippen LogP contribution is -2.08. The summed E-state index contributed by atoms with van der Waals surface area (Å²) < 4.78 is 4.63. The van der Waals surface area contributed by atoms with Gasteiger partial charge in [0, 0.05) is 5.57 Å². The first kappa shape index (κ1) is 11.2. The van der Waals surface area contributed by atoms with E-state index in [2.05, 4.69) is 4.74 Å². The fourth-order valence-corrected chi connectivity index (χ4v) is 1.11. The van der Waals surface area contributed by atoms with Gasteiger partial charge in [-0.1, -0.05) is 12.5 Å². The van der Waals surface area contributed by atoms with Gasteiger partial charge in [0.15, 0.2) is 0 Å². The maximum absolute atomic E-state index is 11.1. The Hall–Kier alpha value is -0.830. The first-order valence-electron chi connectivity index (χ1n) is 4.14. The minimum Gasteiger partial charge on any atom is -0.466 e. The van der Waals surface area contributed by atoms with Gasteiger partial charge in [0.05, 0.1) is 7.11 Å². The number of hydrogen-bond donors (Lipinski definition) is 1. The SMILES string of the molecule is CCC(C(=O)OC)=C(C)CCN. The predicted octanol–water partition coefficient (Wildman–Crippen LogP) is 1.23.